The molecule has 0 bridgehead atoms. The SMILES string of the molecule is COc1cc(C2CCCN2)cc(C(C)(F)F)c1OC. The van der Waals surface area contributed by atoms with Crippen LogP contribution in [-0.2, 0) is 5.92 Å². The van der Waals surface area contributed by atoms with Gasteiger partial charge in [-0.1, -0.05) is 0 Å². The highest BCUT2D eigenvalue weighted by Gasteiger charge is 2.32. The standard InChI is InChI=1S/C14H19F2NO2/c1-14(15,16)10-7-9(11-5-4-6-17-11)8-12(18-2)13(10)19-3/h7-8,11,17H,4-6H2,1-3H3. The summed E-state index contributed by atoms with van der Waals surface area (Å²) < 4.78 is 37.7. The Morgan fingerprint density at radius 3 is 2.47 bits per heavy atom. The first-order valence-electron chi connectivity index (χ1n) is 6.35. The lowest BCUT2D eigenvalue weighted by molar-refractivity contribution is 0.0146. The van der Waals surface area contributed by atoms with Crippen molar-refractivity contribution in [3.63, 3.8) is 0 Å². The summed E-state index contributed by atoms with van der Waals surface area (Å²) in [5.74, 6) is -2.50. The van der Waals surface area contributed by atoms with E-state index in [0.29, 0.717) is 5.75 Å². The number of methoxy groups -OCH3 is 2. The van der Waals surface area contributed by atoms with Crippen molar-refractivity contribution >= 4 is 0 Å². The average molecular weight is 271 g/mol. The van der Waals surface area contributed by atoms with Crippen molar-refractivity contribution in [3.05, 3.63) is 23.3 Å². The molecule has 1 aromatic carbocycles. The molecule has 1 aliphatic rings. The van der Waals surface area contributed by atoms with Gasteiger partial charge in [-0.15, -0.1) is 0 Å². The molecule has 1 aliphatic heterocycles. The van der Waals surface area contributed by atoms with Gasteiger partial charge in [-0.2, -0.15) is 0 Å². The van der Waals surface area contributed by atoms with Gasteiger partial charge in [0.15, 0.2) is 11.5 Å². The second-order valence-corrected chi connectivity index (χ2v) is 4.84. The highest BCUT2D eigenvalue weighted by atomic mass is 19.3. The van der Waals surface area contributed by atoms with Gasteiger partial charge in [0.1, 0.15) is 0 Å². The van der Waals surface area contributed by atoms with Crippen molar-refractivity contribution in [3.8, 4) is 11.5 Å². The zero-order chi connectivity index (χ0) is 14.0. The zero-order valence-electron chi connectivity index (χ0n) is 11.4. The topological polar surface area (TPSA) is 30.5 Å². The fourth-order valence-electron chi connectivity index (χ4n) is 2.48. The van der Waals surface area contributed by atoms with Crippen LogP contribution in [0.15, 0.2) is 12.1 Å². The van der Waals surface area contributed by atoms with Crippen LogP contribution in [0.2, 0.25) is 0 Å². The first-order valence-corrected chi connectivity index (χ1v) is 6.35. The smallest absolute Gasteiger partial charge is 0.274 e. The van der Waals surface area contributed by atoms with Crippen LogP contribution in [0.1, 0.15) is 36.9 Å². The van der Waals surface area contributed by atoms with Crippen LogP contribution < -0.4 is 14.8 Å². The second-order valence-electron chi connectivity index (χ2n) is 4.84. The molecule has 1 saturated heterocycles. The molecule has 3 nitrogen and oxygen atoms in total. The molecule has 0 amide bonds. The largest absolute Gasteiger partial charge is 0.493 e. The molecule has 1 unspecified atom stereocenters. The molecule has 19 heavy (non-hydrogen) atoms. The fraction of sp³-hybridized carbons (Fsp3) is 0.571. The summed E-state index contributed by atoms with van der Waals surface area (Å²) in [5.41, 5.74) is 0.699. The molecule has 1 heterocycles. The van der Waals surface area contributed by atoms with Gasteiger partial charge in [-0.3, -0.25) is 0 Å². The molecule has 1 aromatic rings. The molecule has 0 aromatic heterocycles. The Labute approximate surface area is 111 Å². The number of hydrogen-bond acceptors (Lipinski definition) is 3. The highest BCUT2D eigenvalue weighted by molar-refractivity contribution is 5.52. The molecule has 1 N–H and O–H groups in total. The number of nitrogens with one attached hydrogen (secondary N) is 1. The van der Waals surface area contributed by atoms with E-state index in [4.69, 9.17) is 9.47 Å². The van der Waals surface area contributed by atoms with Gasteiger partial charge in [0.05, 0.1) is 19.8 Å². The van der Waals surface area contributed by atoms with Gasteiger partial charge in [-0.25, -0.2) is 8.78 Å². The number of ether oxygens (including phenoxy) is 2. The summed E-state index contributed by atoms with van der Waals surface area (Å²) in [6.07, 6.45) is 2.00. The predicted octanol–water partition coefficient (Wildman–Crippen LogP) is 3.24. The Bertz CT molecular complexity index is 451. The summed E-state index contributed by atoms with van der Waals surface area (Å²) in [6, 6.07) is 3.41. The molecule has 2 rings (SSSR count). The highest BCUT2D eigenvalue weighted by Crippen LogP contribution is 2.43. The molecule has 0 radical (unpaired) electrons. The molecule has 5 heteroatoms. The summed E-state index contributed by atoms with van der Waals surface area (Å²) in [4.78, 5) is 0. The molecule has 1 fully saturated rings. The van der Waals surface area contributed by atoms with Crippen molar-refractivity contribution < 1.29 is 18.3 Å². The van der Waals surface area contributed by atoms with Crippen molar-refractivity contribution in [2.45, 2.75) is 31.7 Å². The van der Waals surface area contributed by atoms with Crippen LogP contribution in [0.5, 0.6) is 11.5 Å². The van der Waals surface area contributed by atoms with E-state index in [1.165, 1.54) is 20.3 Å². The molecule has 1 atom stereocenters. The van der Waals surface area contributed by atoms with Crippen LogP contribution >= 0.6 is 0 Å². The van der Waals surface area contributed by atoms with Crippen LogP contribution in [0.4, 0.5) is 8.78 Å². The van der Waals surface area contributed by atoms with Crippen molar-refractivity contribution in [1.82, 2.24) is 5.32 Å². The van der Waals surface area contributed by atoms with Crippen LogP contribution in [0.3, 0.4) is 0 Å². The van der Waals surface area contributed by atoms with Gasteiger partial charge < -0.3 is 14.8 Å². The van der Waals surface area contributed by atoms with Crippen LogP contribution in [0, 0.1) is 0 Å². The van der Waals surface area contributed by atoms with E-state index in [-0.39, 0.29) is 17.4 Å². The Hall–Kier alpha value is -1.36. The molecule has 0 aliphatic carbocycles. The lowest BCUT2D eigenvalue weighted by Gasteiger charge is -2.21. The Morgan fingerprint density at radius 1 is 1.26 bits per heavy atom. The normalized spacial score (nSPS) is 19.5. The average Bonchev–Trinajstić information content (AvgIpc) is 2.89. The number of hydrogen-bond donors (Lipinski definition) is 1. The van der Waals surface area contributed by atoms with E-state index < -0.39 is 5.92 Å². The summed E-state index contributed by atoms with van der Waals surface area (Å²) >= 11 is 0. The van der Waals surface area contributed by atoms with Gasteiger partial charge >= 0.3 is 0 Å². The van der Waals surface area contributed by atoms with Crippen LogP contribution in [-0.4, -0.2) is 20.8 Å². The first-order chi connectivity index (χ1) is 8.97. The van der Waals surface area contributed by atoms with Gasteiger partial charge in [0, 0.05) is 13.0 Å². The lowest BCUT2D eigenvalue weighted by Crippen LogP contribution is -2.16. The third-order valence-corrected chi connectivity index (χ3v) is 3.44. The zero-order valence-corrected chi connectivity index (χ0v) is 11.4. The summed E-state index contributed by atoms with van der Waals surface area (Å²) in [5, 5.41) is 3.30. The Morgan fingerprint density at radius 2 is 2.00 bits per heavy atom. The number of halogens is 2. The predicted molar refractivity (Wildman–Crippen MR) is 69.1 cm³/mol. The Balaban J connectivity index is 2.52. The summed E-state index contributed by atoms with van der Waals surface area (Å²) in [6.45, 7) is 1.78. The van der Waals surface area contributed by atoms with Crippen molar-refractivity contribution in [2.24, 2.45) is 0 Å². The number of alkyl halides is 2. The van der Waals surface area contributed by atoms with E-state index in [1.54, 1.807) is 6.07 Å². The minimum Gasteiger partial charge on any atom is -0.493 e. The van der Waals surface area contributed by atoms with E-state index >= 15 is 0 Å². The maximum absolute atomic E-state index is 13.7. The maximum Gasteiger partial charge on any atom is 0.274 e. The monoisotopic (exact) mass is 271 g/mol. The molecule has 106 valence electrons. The van der Waals surface area contributed by atoms with E-state index in [9.17, 15) is 8.78 Å². The van der Waals surface area contributed by atoms with Crippen molar-refractivity contribution in [1.29, 1.82) is 0 Å². The van der Waals surface area contributed by atoms with Gasteiger partial charge in [0.25, 0.3) is 5.92 Å². The van der Waals surface area contributed by atoms with Gasteiger partial charge in [-0.05, 0) is 37.1 Å². The molecule has 0 saturated carbocycles. The van der Waals surface area contributed by atoms with Crippen LogP contribution in [0.25, 0.3) is 0 Å². The minimum absolute atomic E-state index is 0.108. The number of rotatable bonds is 4. The molecule has 0 spiro atoms. The summed E-state index contributed by atoms with van der Waals surface area (Å²) in [7, 11) is 2.84. The Kier molecular flexibility index (Phi) is 3.94. The third kappa shape index (κ3) is 2.81. The molecular formula is C14H19F2NO2. The molecular weight excluding hydrogens is 252 g/mol. The van der Waals surface area contributed by atoms with E-state index in [1.807, 2.05) is 0 Å². The third-order valence-electron chi connectivity index (χ3n) is 3.44. The number of benzene rings is 1. The van der Waals surface area contributed by atoms with Crippen molar-refractivity contribution in [2.75, 3.05) is 20.8 Å². The van der Waals surface area contributed by atoms with E-state index in [0.717, 1.165) is 31.9 Å². The van der Waals surface area contributed by atoms with E-state index in [2.05, 4.69) is 5.32 Å². The van der Waals surface area contributed by atoms with Gasteiger partial charge in [0.2, 0.25) is 0 Å². The fourth-order valence-corrected chi connectivity index (χ4v) is 2.48. The first kappa shape index (κ1) is 14.1. The quantitative estimate of drug-likeness (QED) is 0.912. The second kappa shape index (κ2) is 5.33. The minimum atomic E-state index is -2.97. The maximum atomic E-state index is 13.7. The lowest BCUT2D eigenvalue weighted by atomic mass is 9.98.